The van der Waals surface area contributed by atoms with Gasteiger partial charge in [-0.2, -0.15) is 5.10 Å². The average Bonchev–Trinajstić information content (AvgIpc) is 2.54. The van der Waals surface area contributed by atoms with Gasteiger partial charge in [-0.15, -0.1) is 0 Å². The van der Waals surface area contributed by atoms with Crippen molar-refractivity contribution in [2.75, 3.05) is 18.9 Å². The lowest BCUT2D eigenvalue weighted by molar-refractivity contribution is 0.929. The van der Waals surface area contributed by atoms with Crippen molar-refractivity contribution >= 4 is 17.6 Å². The molecule has 0 atom stereocenters. The summed E-state index contributed by atoms with van der Waals surface area (Å²) < 4.78 is 0. The van der Waals surface area contributed by atoms with Crippen LogP contribution in [0, 0.1) is 0 Å². The van der Waals surface area contributed by atoms with Crippen LogP contribution in [-0.2, 0) is 0 Å². The number of allylic oxidation sites excluding steroid dienone is 3. The van der Waals surface area contributed by atoms with Gasteiger partial charge < -0.3 is 5.32 Å². The molecule has 4 nitrogen and oxygen atoms in total. The molecule has 0 bridgehead atoms. The summed E-state index contributed by atoms with van der Waals surface area (Å²) in [4.78, 5) is 4.19. The van der Waals surface area contributed by atoms with Gasteiger partial charge in [-0.05, 0) is 49.1 Å². The zero-order valence-electron chi connectivity index (χ0n) is 12.6. The van der Waals surface area contributed by atoms with E-state index in [0.717, 1.165) is 36.3 Å². The maximum Gasteiger partial charge on any atom is 0.0544 e. The molecule has 0 amide bonds. The molecule has 0 saturated heterocycles. The minimum absolute atomic E-state index is 0.931. The van der Waals surface area contributed by atoms with Crippen molar-refractivity contribution in [3.8, 4) is 0 Å². The third-order valence-corrected chi connectivity index (χ3v) is 3.28. The van der Waals surface area contributed by atoms with Crippen molar-refractivity contribution in [2.45, 2.75) is 19.8 Å². The van der Waals surface area contributed by atoms with Crippen LogP contribution in [0.2, 0.25) is 0 Å². The number of nitrogens with zero attached hydrogens (tertiary/aromatic N) is 2. The van der Waals surface area contributed by atoms with Crippen LogP contribution >= 0.6 is 0 Å². The van der Waals surface area contributed by atoms with Crippen molar-refractivity contribution < 1.29 is 0 Å². The van der Waals surface area contributed by atoms with E-state index in [2.05, 4.69) is 52.0 Å². The number of hydrazone groups is 1. The molecule has 2 rings (SSSR count). The van der Waals surface area contributed by atoms with Gasteiger partial charge in [-0.1, -0.05) is 18.2 Å². The number of aliphatic imine (C=N–C) groups is 1. The lowest BCUT2D eigenvalue weighted by Crippen LogP contribution is -2.03. The van der Waals surface area contributed by atoms with Gasteiger partial charge in [0.1, 0.15) is 0 Å². The summed E-state index contributed by atoms with van der Waals surface area (Å²) in [5.41, 5.74) is 7.57. The quantitative estimate of drug-likeness (QED) is 0.643. The Morgan fingerprint density at radius 3 is 2.57 bits per heavy atom. The smallest absolute Gasteiger partial charge is 0.0544 e. The highest BCUT2D eigenvalue weighted by Gasteiger charge is 2.03. The third kappa shape index (κ3) is 4.91. The summed E-state index contributed by atoms with van der Waals surface area (Å²) >= 11 is 0. The summed E-state index contributed by atoms with van der Waals surface area (Å²) in [6, 6.07) is 8.19. The maximum absolute atomic E-state index is 4.21. The van der Waals surface area contributed by atoms with Crippen LogP contribution in [0.5, 0.6) is 0 Å². The van der Waals surface area contributed by atoms with E-state index in [1.807, 2.05) is 31.6 Å². The van der Waals surface area contributed by atoms with Gasteiger partial charge in [0, 0.05) is 31.2 Å². The molecule has 0 unspecified atom stereocenters. The third-order valence-electron chi connectivity index (χ3n) is 3.28. The predicted molar refractivity (Wildman–Crippen MR) is 91.2 cm³/mol. The molecule has 0 aliphatic heterocycles. The topological polar surface area (TPSA) is 48.8 Å². The number of benzene rings is 1. The van der Waals surface area contributed by atoms with E-state index >= 15 is 0 Å². The minimum Gasteiger partial charge on any atom is -0.385 e. The highest BCUT2D eigenvalue weighted by Crippen LogP contribution is 2.13. The largest absolute Gasteiger partial charge is 0.385 e. The van der Waals surface area contributed by atoms with E-state index in [-0.39, 0.29) is 0 Å². The Morgan fingerprint density at radius 1 is 1.14 bits per heavy atom. The van der Waals surface area contributed by atoms with Crippen molar-refractivity contribution in [1.82, 2.24) is 5.43 Å². The van der Waals surface area contributed by atoms with Crippen LogP contribution in [-0.4, -0.2) is 25.5 Å². The molecule has 1 aromatic rings. The summed E-state index contributed by atoms with van der Waals surface area (Å²) in [5, 5.41) is 7.48. The lowest BCUT2D eigenvalue weighted by Gasteiger charge is -2.08. The fourth-order valence-corrected chi connectivity index (χ4v) is 2.07. The van der Waals surface area contributed by atoms with Gasteiger partial charge in [0.2, 0.25) is 0 Å². The molecule has 0 radical (unpaired) electrons. The van der Waals surface area contributed by atoms with E-state index in [4.69, 9.17) is 0 Å². The molecule has 1 aromatic carbocycles. The van der Waals surface area contributed by atoms with Crippen LogP contribution in [0.25, 0.3) is 0 Å². The summed E-state index contributed by atoms with van der Waals surface area (Å²) in [7, 11) is 1.83. The number of hydrogen-bond donors (Lipinski definition) is 2. The summed E-state index contributed by atoms with van der Waals surface area (Å²) in [5.74, 6) is 0. The van der Waals surface area contributed by atoms with Crippen molar-refractivity contribution in [2.24, 2.45) is 10.1 Å². The fourth-order valence-electron chi connectivity index (χ4n) is 2.07. The van der Waals surface area contributed by atoms with Gasteiger partial charge in [-0.3, -0.25) is 10.4 Å². The van der Waals surface area contributed by atoms with Gasteiger partial charge in [0.05, 0.1) is 6.21 Å². The molecule has 1 aliphatic rings. The first-order chi connectivity index (χ1) is 10.3. The lowest BCUT2D eigenvalue weighted by atomic mass is 10.0. The molecule has 0 aromatic heterocycles. The highest BCUT2D eigenvalue weighted by atomic mass is 15.3. The second kappa shape index (κ2) is 8.04. The Bertz CT molecular complexity index is 565. The van der Waals surface area contributed by atoms with E-state index in [9.17, 15) is 0 Å². The summed E-state index contributed by atoms with van der Waals surface area (Å²) in [6.07, 6.45) is 9.89. The van der Waals surface area contributed by atoms with Gasteiger partial charge in [-0.25, -0.2) is 0 Å². The Balaban J connectivity index is 1.85. The molecular weight excluding hydrogens is 260 g/mol. The first-order valence-corrected chi connectivity index (χ1v) is 7.27. The van der Waals surface area contributed by atoms with Crippen molar-refractivity contribution in [3.63, 3.8) is 0 Å². The maximum atomic E-state index is 4.21. The second-order valence-electron chi connectivity index (χ2n) is 4.81. The normalized spacial score (nSPS) is 18.6. The molecule has 0 spiro atoms. The van der Waals surface area contributed by atoms with Crippen LogP contribution in [0.3, 0.4) is 0 Å². The molecule has 4 heteroatoms. The van der Waals surface area contributed by atoms with Gasteiger partial charge >= 0.3 is 0 Å². The van der Waals surface area contributed by atoms with Crippen LogP contribution in [0.15, 0.2) is 58.3 Å². The van der Waals surface area contributed by atoms with E-state index in [1.54, 1.807) is 0 Å². The SMILES string of the molecule is CCNc1ccc(/C=N/N/C=C2\C=CC(=NC)CC2)cc1. The number of rotatable bonds is 5. The minimum atomic E-state index is 0.931. The van der Waals surface area contributed by atoms with Crippen LogP contribution < -0.4 is 10.7 Å². The Morgan fingerprint density at radius 2 is 1.95 bits per heavy atom. The molecule has 0 saturated carbocycles. The molecule has 0 heterocycles. The molecule has 110 valence electrons. The molecule has 2 N–H and O–H groups in total. The van der Waals surface area contributed by atoms with Gasteiger partial charge in [0.25, 0.3) is 0 Å². The van der Waals surface area contributed by atoms with Crippen LogP contribution in [0.4, 0.5) is 5.69 Å². The zero-order valence-corrected chi connectivity index (χ0v) is 12.6. The standard InChI is InChI=1S/C17H22N4/c1-3-19-17-10-6-15(7-11-17)13-21-20-12-14-4-8-16(18-2)9-5-14/h4,6-8,10-13,19-20H,3,5,9H2,1-2H3/b14-12+,18-16?,21-13+. The predicted octanol–water partition coefficient (Wildman–Crippen LogP) is 3.35. The second-order valence-corrected chi connectivity index (χ2v) is 4.81. The first kappa shape index (κ1) is 15.0. The van der Waals surface area contributed by atoms with Crippen molar-refractivity contribution in [3.05, 3.63) is 53.8 Å². The fraction of sp³-hybridized carbons (Fsp3) is 0.294. The Kier molecular flexibility index (Phi) is 5.76. The summed E-state index contributed by atoms with van der Waals surface area (Å²) in [6.45, 7) is 3.02. The molecular formula is C17H22N4. The van der Waals surface area contributed by atoms with Gasteiger partial charge in [0.15, 0.2) is 0 Å². The Labute approximate surface area is 126 Å². The molecule has 0 fully saturated rings. The number of hydrogen-bond acceptors (Lipinski definition) is 4. The number of anilines is 1. The molecule has 1 aliphatic carbocycles. The highest BCUT2D eigenvalue weighted by molar-refractivity contribution is 5.96. The van der Waals surface area contributed by atoms with E-state index in [0.29, 0.717) is 0 Å². The van der Waals surface area contributed by atoms with Crippen LogP contribution in [0.1, 0.15) is 25.3 Å². The van der Waals surface area contributed by atoms with E-state index in [1.165, 1.54) is 5.57 Å². The Hall–Kier alpha value is -2.36. The zero-order chi connectivity index (χ0) is 14.9. The van der Waals surface area contributed by atoms with E-state index < -0.39 is 0 Å². The van der Waals surface area contributed by atoms with Crippen molar-refractivity contribution in [1.29, 1.82) is 0 Å². The monoisotopic (exact) mass is 282 g/mol. The molecule has 21 heavy (non-hydrogen) atoms. The average molecular weight is 282 g/mol. The first-order valence-electron chi connectivity index (χ1n) is 7.27. The number of nitrogens with one attached hydrogen (secondary N) is 2.